The first-order valence-corrected chi connectivity index (χ1v) is 9.38. The molecule has 0 fully saturated rings. The average molecular weight is 349 g/mol. The van der Waals surface area contributed by atoms with Crippen LogP contribution in [0.4, 0.5) is 4.39 Å². The van der Waals surface area contributed by atoms with Crippen LogP contribution in [0.3, 0.4) is 0 Å². The van der Waals surface area contributed by atoms with Crippen molar-refractivity contribution >= 4 is 16.2 Å². The SMILES string of the molecule is CNCc1cc(-c2ccccc2F)n(S(=O)(=O)C2CCC=NC2)c1. The van der Waals surface area contributed by atoms with Crippen molar-refractivity contribution in [1.82, 2.24) is 9.29 Å². The molecule has 2 aromatic rings. The van der Waals surface area contributed by atoms with Crippen molar-refractivity contribution in [1.29, 1.82) is 0 Å². The lowest BCUT2D eigenvalue weighted by Crippen LogP contribution is -2.32. The van der Waals surface area contributed by atoms with Crippen LogP contribution in [0.5, 0.6) is 0 Å². The first kappa shape index (κ1) is 16.9. The number of hydrogen-bond acceptors (Lipinski definition) is 4. The first-order valence-electron chi connectivity index (χ1n) is 7.87. The maximum atomic E-state index is 14.2. The summed E-state index contributed by atoms with van der Waals surface area (Å²) >= 11 is 0. The molecule has 0 radical (unpaired) electrons. The summed E-state index contributed by atoms with van der Waals surface area (Å²) < 4.78 is 41.6. The molecule has 1 atom stereocenters. The molecule has 1 aromatic carbocycles. The number of halogens is 1. The Hall–Kier alpha value is -1.99. The number of nitrogens with zero attached hydrogens (tertiary/aromatic N) is 2. The normalized spacial score (nSPS) is 18.0. The maximum absolute atomic E-state index is 14.2. The van der Waals surface area contributed by atoms with E-state index < -0.39 is 21.1 Å². The van der Waals surface area contributed by atoms with Gasteiger partial charge in [0, 0.05) is 18.3 Å². The van der Waals surface area contributed by atoms with Crippen molar-refractivity contribution in [2.75, 3.05) is 13.6 Å². The van der Waals surface area contributed by atoms with E-state index in [0.29, 0.717) is 25.1 Å². The zero-order valence-electron chi connectivity index (χ0n) is 13.4. The summed E-state index contributed by atoms with van der Waals surface area (Å²) in [6.45, 7) is 0.755. The largest absolute Gasteiger partial charge is 0.316 e. The van der Waals surface area contributed by atoms with Gasteiger partial charge in [0.1, 0.15) is 11.1 Å². The molecule has 1 aliphatic heterocycles. The van der Waals surface area contributed by atoms with E-state index in [2.05, 4.69) is 10.3 Å². The Morgan fingerprint density at radius 3 is 2.83 bits per heavy atom. The maximum Gasteiger partial charge on any atom is 0.243 e. The predicted octanol–water partition coefficient (Wildman–Crippen LogP) is 2.42. The van der Waals surface area contributed by atoms with Gasteiger partial charge in [0.15, 0.2) is 0 Å². The van der Waals surface area contributed by atoms with Crippen LogP contribution in [0, 0.1) is 5.82 Å². The zero-order chi connectivity index (χ0) is 17.2. The van der Waals surface area contributed by atoms with Crippen molar-refractivity contribution in [3.05, 3.63) is 47.9 Å². The molecule has 1 aromatic heterocycles. The zero-order valence-corrected chi connectivity index (χ0v) is 14.3. The summed E-state index contributed by atoms with van der Waals surface area (Å²) in [5, 5.41) is 2.42. The number of rotatable bonds is 5. The third kappa shape index (κ3) is 3.14. The number of hydrogen-bond donors (Lipinski definition) is 1. The standard InChI is InChI=1S/C17H20FN3O2S/c1-19-10-13-9-17(15-6-2-3-7-16(15)18)21(12-13)24(22,23)14-5-4-8-20-11-14/h2-3,6-9,12,14,19H,4-5,10-11H2,1H3. The second-order valence-corrected chi connectivity index (χ2v) is 7.92. The Balaban J connectivity index is 2.12. The van der Waals surface area contributed by atoms with Gasteiger partial charge in [0.05, 0.1) is 12.2 Å². The lowest BCUT2D eigenvalue weighted by atomic mass is 10.1. The van der Waals surface area contributed by atoms with Gasteiger partial charge in [-0.3, -0.25) is 4.99 Å². The van der Waals surface area contributed by atoms with Crippen LogP contribution in [0.2, 0.25) is 0 Å². The Morgan fingerprint density at radius 2 is 2.17 bits per heavy atom. The quantitative estimate of drug-likeness (QED) is 0.902. The summed E-state index contributed by atoms with van der Waals surface area (Å²) in [6.07, 6.45) is 4.50. The molecule has 2 heterocycles. The lowest BCUT2D eigenvalue weighted by molar-refractivity contribution is 0.562. The third-order valence-electron chi connectivity index (χ3n) is 4.12. The van der Waals surface area contributed by atoms with E-state index in [1.165, 1.54) is 10.0 Å². The molecule has 128 valence electrons. The minimum atomic E-state index is -3.65. The molecule has 3 rings (SSSR count). The Labute approximate surface area is 141 Å². The topological polar surface area (TPSA) is 63.5 Å². The molecule has 5 nitrogen and oxygen atoms in total. The van der Waals surface area contributed by atoms with Crippen LogP contribution in [0.1, 0.15) is 18.4 Å². The van der Waals surface area contributed by atoms with Gasteiger partial charge in [-0.1, -0.05) is 12.1 Å². The van der Waals surface area contributed by atoms with Gasteiger partial charge in [0.2, 0.25) is 10.0 Å². The molecule has 0 saturated heterocycles. The van der Waals surface area contributed by atoms with Gasteiger partial charge >= 0.3 is 0 Å². The molecule has 1 unspecified atom stereocenters. The summed E-state index contributed by atoms with van der Waals surface area (Å²) in [4.78, 5) is 4.11. The average Bonchev–Trinajstić information content (AvgIpc) is 3.01. The van der Waals surface area contributed by atoms with Gasteiger partial charge in [0.25, 0.3) is 0 Å². The molecule has 24 heavy (non-hydrogen) atoms. The smallest absolute Gasteiger partial charge is 0.243 e. The fourth-order valence-corrected chi connectivity index (χ4v) is 4.65. The molecule has 0 spiro atoms. The minimum Gasteiger partial charge on any atom is -0.316 e. The van der Waals surface area contributed by atoms with E-state index >= 15 is 0 Å². The number of nitrogens with one attached hydrogen (secondary N) is 1. The van der Waals surface area contributed by atoms with Crippen molar-refractivity contribution in [2.45, 2.75) is 24.6 Å². The third-order valence-corrected chi connectivity index (χ3v) is 6.20. The fourth-order valence-electron chi connectivity index (χ4n) is 2.91. The number of benzene rings is 1. The van der Waals surface area contributed by atoms with Gasteiger partial charge in [-0.05, 0) is 49.9 Å². The Kier molecular flexibility index (Phi) is 4.82. The van der Waals surface area contributed by atoms with Crippen LogP contribution in [0.15, 0.2) is 41.5 Å². The molecule has 0 saturated carbocycles. The second-order valence-electron chi connectivity index (χ2n) is 5.83. The number of aliphatic imine (C=N–C) groups is 1. The van der Waals surface area contributed by atoms with E-state index in [0.717, 1.165) is 5.56 Å². The Morgan fingerprint density at radius 1 is 1.38 bits per heavy atom. The van der Waals surface area contributed by atoms with E-state index in [1.807, 2.05) is 0 Å². The monoisotopic (exact) mass is 349 g/mol. The summed E-state index contributed by atoms with van der Waals surface area (Å²) in [6, 6.07) is 7.94. The van der Waals surface area contributed by atoms with Crippen LogP contribution >= 0.6 is 0 Å². The van der Waals surface area contributed by atoms with Crippen molar-refractivity contribution < 1.29 is 12.8 Å². The van der Waals surface area contributed by atoms with Gasteiger partial charge in [-0.15, -0.1) is 0 Å². The van der Waals surface area contributed by atoms with Crippen LogP contribution in [0.25, 0.3) is 11.3 Å². The highest BCUT2D eigenvalue weighted by Gasteiger charge is 2.30. The van der Waals surface area contributed by atoms with E-state index in [-0.39, 0.29) is 12.1 Å². The highest BCUT2D eigenvalue weighted by atomic mass is 32.2. The minimum absolute atomic E-state index is 0.249. The van der Waals surface area contributed by atoms with Crippen molar-refractivity contribution in [3.8, 4) is 11.3 Å². The highest BCUT2D eigenvalue weighted by Crippen LogP contribution is 2.29. The van der Waals surface area contributed by atoms with E-state index in [1.54, 1.807) is 43.7 Å². The van der Waals surface area contributed by atoms with E-state index in [4.69, 9.17) is 0 Å². The molecule has 0 aliphatic carbocycles. The molecule has 7 heteroatoms. The van der Waals surface area contributed by atoms with Gasteiger partial charge in [-0.25, -0.2) is 16.8 Å². The number of aromatic nitrogens is 1. The summed E-state index contributed by atoms with van der Waals surface area (Å²) in [7, 11) is -1.86. The fraction of sp³-hybridized carbons (Fsp3) is 0.353. The van der Waals surface area contributed by atoms with Crippen LogP contribution < -0.4 is 5.32 Å². The molecule has 0 amide bonds. The summed E-state index contributed by atoms with van der Waals surface area (Å²) in [5.41, 5.74) is 1.43. The summed E-state index contributed by atoms with van der Waals surface area (Å²) in [5.74, 6) is -0.440. The van der Waals surface area contributed by atoms with Gasteiger partial charge in [-0.2, -0.15) is 0 Å². The molecular formula is C17H20FN3O2S. The molecule has 1 aliphatic rings. The molecular weight excluding hydrogens is 329 g/mol. The Bertz CT molecular complexity index is 858. The van der Waals surface area contributed by atoms with Crippen molar-refractivity contribution in [2.24, 2.45) is 4.99 Å². The molecule has 0 bridgehead atoms. The highest BCUT2D eigenvalue weighted by molar-refractivity contribution is 7.90. The molecule has 1 N–H and O–H groups in total. The van der Waals surface area contributed by atoms with Crippen LogP contribution in [-0.4, -0.2) is 37.4 Å². The van der Waals surface area contributed by atoms with Gasteiger partial charge < -0.3 is 5.32 Å². The first-order chi connectivity index (χ1) is 11.5. The lowest BCUT2D eigenvalue weighted by Gasteiger charge is -2.20. The van der Waals surface area contributed by atoms with Crippen molar-refractivity contribution in [3.63, 3.8) is 0 Å². The van der Waals surface area contributed by atoms with E-state index in [9.17, 15) is 12.8 Å². The van der Waals surface area contributed by atoms with Crippen LogP contribution in [-0.2, 0) is 16.6 Å². The predicted molar refractivity (Wildman–Crippen MR) is 93.3 cm³/mol. The second kappa shape index (κ2) is 6.86.